The Balaban J connectivity index is 4.45. The van der Waals surface area contributed by atoms with E-state index < -0.39 is 30.5 Å². The Kier molecular flexibility index (Phi) is 5.07. The Morgan fingerprint density at radius 2 is 1.87 bits per heavy atom. The number of carbonyl (C=O) groups is 1. The summed E-state index contributed by atoms with van der Waals surface area (Å²) in [6.45, 7) is 3.41. The second-order valence-corrected chi connectivity index (χ2v) is 3.98. The van der Waals surface area contributed by atoms with Crippen molar-refractivity contribution in [3.8, 4) is 0 Å². The number of rotatable bonds is 5. The minimum absolute atomic E-state index is 0.0938. The number of aliphatic carboxylic acids is 1. The van der Waals surface area contributed by atoms with E-state index in [1.807, 2.05) is 0 Å². The van der Waals surface area contributed by atoms with Gasteiger partial charge < -0.3 is 10.8 Å². The largest absolute Gasteiger partial charge is 0.481 e. The zero-order chi connectivity index (χ0) is 12.2. The van der Waals surface area contributed by atoms with Crippen LogP contribution in [0.15, 0.2) is 0 Å². The third-order valence-corrected chi connectivity index (χ3v) is 2.30. The van der Waals surface area contributed by atoms with E-state index in [1.165, 1.54) is 0 Å². The van der Waals surface area contributed by atoms with Gasteiger partial charge in [-0.2, -0.15) is 13.2 Å². The molecule has 0 heterocycles. The molecule has 3 N–H and O–H groups in total. The fourth-order valence-electron chi connectivity index (χ4n) is 1.14. The summed E-state index contributed by atoms with van der Waals surface area (Å²) >= 11 is 0. The molecule has 0 aliphatic carbocycles. The third kappa shape index (κ3) is 5.61. The highest BCUT2D eigenvalue weighted by atomic mass is 19.4. The van der Waals surface area contributed by atoms with Crippen molar-refractivity contribution in [3.05, 3.63) is 0 Å². The van der Waals surface area contributed by atoms with Crippen molar-refractivity contribution in [2.24, 2.45) is 17.6 Å². The first-order chi connectivity index (χ1) is 6.64. The summed E-state index contributed by atoms with van der Waals surface area (Å²) in [5.74, 6) is -3.40. The number of hydrogen-bond acceptors (Lipinski definition) is 2. The lowest BCUT2D eigenvalue weighted by atomic mass is 9.91. The van der Waals surface area contributed by atoms with E-state index in [1.54, 1.807) is 13.8 Å². The van der Waals surface area contributed by atoms with Crippen molar-refractivity contribution in [3.63, 3.8) is 0 Å². The average Bonchev–Trinajstić information content (AvgIpc) is 2.00. The van der Waals surface area contributed by atoms with Gasteiger partial charge >= 0.3 is 12.1 Å². The fraction of sp³-hybridized carbons (Fsp3) is 0.889. The highest BCUT2D eigenvalue weighted by Gasteiger charge is 2.41. The van der Waals surface area contributed by atoms with Crippen LogP contribution in [0.1, 0.15) is 26.7 Å². The van der Waals surface area contributed by atoms with Gasteiger partial charge in [0.15, 0.2) is 0 Å². The molecule has 0 unspecified atom stereocenters. The first-order valence-electron chi connectivity index (χ1n) is 4.68. The summed E-state index contributed by atoms with van der Waals surface area (Å²) in [7, 11) is 0. The number of alkyl halides is 3. The van der Waals surface area contributed by atoms with E-state index in [0.717, 1.165) is 0 Å². The van der Waals surface area contributed by atoms with Crippen LogP contribution in [0.3, 0.4) is 0 Å². The molecule has 2 atom stereocenters. The Morgan fingerprint density at radius 1 is 1.40 bits per heavy atom. The SMILES string of the molecule is CC(C)[C@@H](N)C[C@@H](CC(=O)O)C(F)(F)F. The molecule has 0 aromatic carbocycles. The average molecular weight is 227 g/mol. The molecule has 0 aliphatic rings. The Morgan fingerprint density at radius 3 is 2.13 bits per heavy atom. The van der Waals surface area contributed by atoms with Crippen LogP contribution in [-0.2, 0) is 4.79 Å². The highest BCUT2D eigenvalue weighted by molar-refractivity contribution is 5.67. The van der Waals surface area contributed by atoms with Gasteiger partial charge in [-0.3, -0.25) is 4.79 Å². The molecule has 0 amide bonds. The maximum absolute atomic E-state index is 12.4. The maximum Gasteiger partial charge on any atom is 0.392 e. The van der Waals surface area contributed by atoms with Crippen molar-refractivity contribution in [2.45, 2.75) is 38.9 Å². The van der Waals surface area contributed by atoms with E-state index in [2.05, 4.69) is 0 Å². The lowest BCUT2D eigenvalue weighted by Crippen LogP contribution is -2.35. The van der Waals surface area contributed by atoms with Crippen LogP contribution in [-0.4, -0.2) is 23.3 Å². The molecular formula is C9H16F3NO2. The number of nitrogens with two attached hydrogens (primary N) is 1. The van der Waals surface area contributed by atoms with Gasteiger partial charge in [0.25, 0.3) is 0 Å². The summed E-state index contributed by atoms with van der Waals surface area (Å²) in [5, 5.41) is 8.36. The Hall–Kier alpha value is -0.780. The molecule has 0 rings (SSSR count). The minimum Gasteiger partial charge on any atom is -0.481 e. The van der Waals surface area contributed by atoms with Crippen molar-refractivity contribution in [1.29, 1.82) is 0 Å². The molecule has 0 spiro atoms. The van der Waals surface area contributed by atoms with Crippen molar-refractivity contribution < 1.29 is 23.1 Å². The molecule has 0 aromatic heterocycles. The van der Waals surface area contributed by atoms with Crippen LogP contribution in [0.2, 0.25) is 0 Å². The molecule has 0 radical (unpaired) electrons. The smallest absolute Gasteiger partial charge is 0.392 e. The van der Waals surface area contributed by atoms with Gasteiger partial charge in [-0.15, -0.1) is 0 Å². The van der Waals surface area contributed by atoms with Crippen molar-refractivity contribution in [2.75, 3.05) is 0 Å². The standard InChI is InChI=1S/C9H16F3NO2/c1-5(2)7(13)3-6(4-8(14)15)9(10,11)12/h5-7H,3-4,13H2,1-2H3,(H,14,15)/t6-,7-/m0/s1. The van der Waals surface area contributed by atoms with E-state index >= 15 is 0 Å². The molecule has 15 heavy (non-hydrogen) atoms. The number of halogens is 3. The quantitative estimate of drug-likeness (QED) is 0.755. The van der Waals surface area contributed by atoms with Crippen LogP contribution in [0.4, 0.5) is 13.2 Å². The molecular weight excluding hydrogens is 211 g/mol. The first kappa shape index (κ1) is 14.2. The number of carboxylic acid groups (broad SMARTS) is 1. The summed E-state index contributed by atoms with van der Waals surface area (Å²) in [4.78, 5) is 10.3. The molecule has 0 aliphatic heterocycles. The Bertz CT molecular complexity index is 216. The van der Waals surface area contributed by atoms with Crippen LogP contribution in [0.25, 0.3) is 0 Å². The van der Waals surface area contributed by atoms with Crippen LogP contribution >= 0.6 is 0 Å². The fourth-order valence-corrected chi connectivity index (χ4v) is 1.14. The van der Waals surface area contributed by atoms with Crippen molar-refractivity contribution >= 4 is 5.97 Å². The second-order valence-electron chi connectivity index (χ2n) is 3.98. The first-order valence-corrected chi connectivity index (χ1v) is 4.68. The van der Waals surface area contributed by atoms with Gasteiger partial charge in [0.05, 0.1) is 12.3 Å². The zero-order valence-electron chi connectivity index (χ0n) is 8.71. The normalized spacial score (nSPS) is 16.5. The predicted octanol–water partition coefficient (Wildman–Crippen LogP) is 2.01. The Labute approximate surface area is 86.5 Å². The molecule has 6 heteroatoms. The molecule has 0 bridgehead atoms. The van der Waals surface area contributed by atoms with Gasteiger partial charge in [0, 0.05) is 6.04 Å². The molecule has 0 fully saturated rings. The minimum atomic E-state index is -4.50. The van der Waals surface area contributed by atoms with E-state index in [-0.39, 0.29) is 12.3 Å². The monoisotopic (exact) mass is 227 g/mol. The summed E-state index contributed by atoms with van der Waals surface area (Å²) < 4.78 is 37.2. The predicted molar refractivity (Wildman–Crippen MR) is 49.2 cm³/mol. The van der Waals surface area contributed by atoms with Crippen LogP contribution in [0, 0.1) is 11.8 Å². The number of carboxylic acids is 1. The lowest BCUT2D eigenvalue weighted by molar-refractivity contribution is -0.185. The molecule has 0 saturated heterocycles. The zero-order valence-corrected chi connectivity index (χ0v) is 8.71. The summed E-state index contributed by atoms with van der Waals surface area (Å²) in [6, 6.07) is -0.629. The van der Waals surface area contributed by atoms with Gasteiger partial charge in [0.2, 0.25) is 0 Å². The van der Waals surface area contributed by atoms with Gasteiger partial charge in [-0.05, 0) is 12.3 Å². The summed E-state index contributed by atoms with van der Waals surface area (Å²) in [6.07, 6.45) is -5.75. The maximum atomic E-state index is 12.4. The second kappa shape index (κ2) is 5.34. The van der Waals surface area contributed by atoms with Crippen LogP contribution < -0.4 is 5.73 Å². The number of hydrogen-bond donors (Lipinski definition) is 2. The molecule has 3 nitrogen and oxygen atoms in total. The molecule has 0 saturated carbocycles. The highest BCUT2D eigenvalue weighted by Crippen LogP contribution is 2.33. The third-order valence-electron chi connectivity index (χ3n) is 2.30. The van der Waals surface area contributed by atoms with Gasteiger partial charge in [-0.25, -0.2) is 0 Å². The molecule has 90 valence electrons. The van der Waals surface area contributed by atoms with E-state index in [0.29, 0.717) is 0 Å². The summed E-state index contributed by atoms with van der Waals surface area (Å²) in [5.41, 5.74) is 5.50. The van der Waals surface area contributed by atoms with Crippen LogP contribution in [0.5, 0.6) is 0 Å². The van der Waals surface area contributed by atoms with E-state index in [9.17, 15) is 18.0 Å². The van der Waals surface area contributed by atoms with E-state index in [4.69, 9.17) is 10.8 Å². The van der Waals surface area contributed by atoms with Gasteiger partial charge in [-0.1, -0.05) is 13.8 Å². The lowest BCUT2D eigenvalue weighted by Gasteiger charge is -2.24. The van der Waals surface area contributed by atoms with Crippen molar-refractivity contribution in [1.82, 2.24) is 0 Å². The topological polar surface area (TPSA) is 63.3 Å². The molecule has 0 aromatic rings. The van der Waals surface area contributed by atoms with Gasteiger partial charge in [0.1, 0.15) is 0 Å².